The Kier molecular flexibility index (Phi) is 4.02. The minimum Gasteiger partial charge on any atom is -0.464 e. The molecule has 1 aliphatic carbocycles. The third kappa shape index (κ3) is 2.85. The summed E-state index contributed by atoms with van der Waals surface area (Å²) in [5.74, 6) is 1.65. The molecule has 23 heavy (non-hydrogen) atoms. The number of benzene rings is 1. The average Bonchev–Trinajstić information content (AvgIpc) is 2.96. The Morgan fingerprint density at radius 1 is 1.26 bits per heavy atom. The van der Waals surface area contributed by atoms with Crippen molar-refractivity contribution in [2.75, 3.05) is 13.1 Å². The number of fused-ring (bicyclic) bond motifs is 3. The molecule has 3 aliphatic rings. The summed E-state index contributed by atoms with van der Waals surface area (Å²) in [6.07, 6.45) is 12.1. The monoisotopic (exact) mass is 309 g/mol. The maximum absolute atomic E-state index is 5.73. The van der Waals surface area contributed by atoms with Crippen LogP contribution in [0.15, 0.2) is 41.0 Å². The van der Waals surface area contributed by atoms with Gasteiger partial charge in [-0.2, -0.15) is 0 Å². The van der Waals surface area contributed by atoms with E-state index < -0.39 is 0 Å². The second-order valence-corrected chi connectivity index (χ2v) is 7.43. The number of nitrogens with zero attached hydrogens (tertiary/aromatic N) is 1. The molecule has 0 amide bonds. The zero-order valence-electron chi connectivity index (χ0n) is 14.3. The molecule has 5 rings (SSSR count). The Labute approximate surface area is 139 Å². The smallest absolute Gasteiger partial charge is 0.134 e. The number of furan rings is 1. The van der Waals surface area contributed by atoms with E-state index in [1.54, 1.807) is 0 Å². The summed E-state index contributed by atoms with van der Waals surface area (Å²) in [4.78, 5) is 2.71. The van der Waals surface area contributed by atoms with E-state index >= 15 is 0 Å². The van der Waals surface area contributed by atoms with Crippen LogP contribution in [0.5, 0.6) is 0 Å². The fraction of sp³-hybridized carbons (Fsp3) is 0.524. The Morgan fingerprint density at radius 3 is 3.00 bits per heavy atom. The van der Waals surface area contributed by atoms with Gasteiger partial charge in [-0.3, -0.25) is 4.90 Å². The topological polar surface area (TPSA) is 16.4 Å². The Morgan fingerprint density at radius 2 is 2.17 bits per heavy atom. The molecular formula is C21H27NO. The van der Waals surface area contributed by atoms with Crippen LogP contribution in [0.1, 0.15) is 37.3 Å². The Balaban J connectivity index is 1.48. The highest BCUT2D eigenvalue weighted by Gasteiger charge is 2.36. The molecule has 3 atom stereocenters. The van der Waals surface area contributed by atoms with E-state index in [1.165, 1.54) is 42.3 Å². The Hall–Kier alpha value is -1.54. The van der Waals surface area contributed by atoms with Crippen LogP contribution in [0.25, 0.3) is 11.0 Å². The van der Waals surface area contributed by atoms with Gasteiger partial charge < -0.3 is 4.42 Å². The van der Waals surface area contributed by atoms with Gasteiger partial charge in [-0.1, -0.05) is 37.1 Å². The van der Waals surface area contributed by atoms with Crippen molar-refractivity contribution >= 4 is 11.0 Å². The molecule has 1 aromatic carbocycles. The van der Waals surface area contributed by atoms with Crippen molar-refractivity contribution in [2.24, 2.45) is 11.8 Å². The number of rotatable bonds is 5. The minimum atomic E-state index is 0.667. The van der Waals surface area contributed by atoms with E-state index in [4.69, 9.17) is 4.42 Å². The first-order valence-corrected chi connectivity index (χ1v) is 9.13. The molecular weight excluding hydrogens is 282 g/mol. The summed E-state index contributed by atoms with van der Waals surface area (Å²) >= 11 is 0. The van der Waals surface area contributed by atoms with E-state index in [1.807, 2.05) is 6.26 Å². The lowest BCUT2D eigenvalue weighted by molar-refractivity contribution is 0.0797. The van der Waals surface area contributed by atoms with Gasteiger partial charge in [0.2, 0.25) is 0 Å². The van der Waals surface area contributed by atoms with Gasteiger partial charge in [-0.05, 0) is 55.7 Å². The summed E-state index contributed by atoms with van der Waals surface area (Å²) in [5.41, 5.74) is 3.69. The zero-order chi connectivity index (χ0) is 15.8. The van der Waals surface area contributed by atoms with Gasteiger partial charge in [0.25, 0.3) is 0 Å². The average molecular weight is 309 g/mol. The molecule has 2 aromatic rings. The van der Waals surface area contributed by atoms with Crippen LogP contribution in [0, 0.1) is 18.8 Å². The molecule has 2 heteroatoms. The summed E-state index contributed by atoms with van der Waals surface area (Å²) in [6.45, 7) is 6.86. The van der Waals surface area contributed by atoms with Crippen molar-refractivity contribution in [1.29, 1.82) is 0 Å². The number of hydrogen-bond acceptors (Lipinski definition) is 2. The van der Waals surface area contributed by atoms with Crippen molar-refractivity contribution in [3.8, 4) is 0 Å². The van der Waals surface area contributed by atoms with E-state index in [2.05, 4.69) is 49.1 Å². The molecule has 1 aromatic heterocycles. The fourth-order valence-electron chi connectivity index (χ4n) is 4.57. The summed E-state index contributed by atoms with van der Waals surface area (Å²) in [6, 6.07) is 7.15. The van der Waals surface area contributed by atoms with Crippen molar-refractivity contribution in [1.82, 2.24) is 4.90 Å². The summed E-state index contributed by atoms with van der Waals surface area (Å²) < 4.78 is 5.73. The molecule has 122 valence electrons. The molecule has 2 aliphatic heterocycles. The molecule has 3 heterocycles. The summed E-state index contributed by atoms with van der Waals surface area (Å²) in [7, 11) is 0. The third-order valence-corrected chi connectivity index (χ3v) is 5.70. The SMILES string of the molecule is CCCC1CC2C=CC1N(CCc1coc3ccc(C)cc13)C2. The lowest BCUT2D eigenvalue weighted by atomic mass is 9.75. The number of piperidine rings is 1. The molecule has 2 nitrogen and oxygen atoms in total. The number of hydrogen-bond donors (Lipinski definition) is 0. The summed E-state index contributed by atoms with van der Waals surface area (Å²) in [5, 5.41) is 1.30. The second kappa shape index (κ2) is 6.16. The predicted octanol–water partition coefficient (Wildman–Crippen LogP) is 4.96. The first-order chi connectivity index (χ1) is 11.2. The molecule has 0 spiro atoms. The van der Waals surface area contributed by atoms with Crippen molar-refractivity contribution < 1.29 is 4.42 Å². The van der Waals surface area contributed by atoms with Crippen molar-refractivity contribution in [3.05, 3.63) is 47.7 Å². The third-order valence-electron chi connectivity index (χ3n) is 5.70. The van der Waals surface area contributed by atoms with Crippen LogP contribution in [0.3, 0.4) is 0 Å². The van der Waals surface area contributed by atoms with Gasteiger partial charge in [0.15, 0.2) is 0 Å². The number of aryl methyl sites for hydroxylation is 1. The molecule has 0 saturated carbocycles. The molecule has 1 saturated heterocycles. The first-order valence-electron chi connectivity index (χ1n) is 9.13. The highest BCUT2D eigenvalue weighted by molar-refractivity contribution is 5.81. The normalized spacial score (nSPS) is 27.1. The largest absolute Gasteiger partial charge is 0.464 e. The highest BCUT2D eigenvalue weighted by atomic mass is 16.3. The van der Waals surface area contributed by atoms with Gasteiger partial charge in [-0.15, -0.1) is 0 Å². The van der Waals surface area contributed by atoms with E-state index in [0.717, 1.165) is 30.4 Å². The van der Waals surface area contributed by atoms with Gasteiger partial charge in [0.05, 0.1) is 6.26 Å². The lowest BCUT2D eigenvalue weighted by Gasteiger charge is -2.46. The maximum atomic E-state index is 5.73. The molecule has 0 radical (unpaired) electrons. The zero-order valence-corrected chi connectivity index (χ0v) is 14.3. The molecule has 0 N–H and O–H groups in total. The van der Waals surface area contributed by atoms with Gasteiger partial charge in [0, 0.05) is 24.5 Å². The van der Waals surface area contributed by atoms with E-state index in [0.29, 0.717) is 6.04 Å². The highest BCUT2D eigenvalue weighted by Crippen LogP contribution is 2.37. The quantitative estimate of drug-likeness (QED) is 0.726. The van der Waals surface area contributed by atoms with Crippen LogP contribution in [0.2, 0.25) is 0 Å². The second-order valence-electron chi connectivity index (χ2n) is 7.43. The molecule has 3 unspecified atom stereocenters. The van der Waals surface area contributed by atoms with Crippen LogP contribution < -0.4 is 0 Å². The van der Waals surface area contributed by atoms with Crippen LogP contribution >= 0.6 is 0 Å². The fourth-order valence-corrected chi connectivity index (χ4v) is 4.57. The van der Waals surface area contributed by atoms with Crippen LogP contribution in [-0.4, -0.2) is 24.0 Å². The van der Waals surface area contributed by atoms with Crippen LogP contribution in [-0.2, 0) is 6.42 Å². The van der Waals surface area contributed by atoms with Gasteiger partial charge in [-0.25, -0.2) is 0 Å². The van der Waals surface area contributed by atoms with Gasteiger partial charge >= 0.3 is 0 Å². The van der Waals surface area contributed by atoms with E-state index in [9.17, 15) is 0 Å². The molecule has 1 fully saturated rings. The minimum absolute atomic E-state index is 0.667. The van der Waals surface area contributed by atoms with Crippen molar-refractivity contribution in [2.45, 2.75) is 45.6 Å². The first kappa shape index (κ1) is 15.0. The standard InChI is InChI=1S/C21H27NO/c1-3-4-17-12-16-6-7-20(17)22(13-16)10-9-18-14-23-21-8-5-15(2)11-19(18)21/h5-8,11,14,16-17,20H,3-4,9-10,12-13H2,1-2H3. The van der Waals surface area contributed by atoms with Crippen LogP contribution in [0.4, 0.5) is 0 Å². The van der Waals surface area contributed by atoms with Gasteiger partial charge in [0.1, 0.15) is 5.58 Å². The Bertz CT molecular complexity index is 714. The van der Waals surface area contributed by atoms with E-state index in [-0.39, 0.29) is 0 Å². The molecule has 2 bridgehead atoms. The van der Waals surface area contributed by atoms with Crippen molar-refractivity contribution in [3.63, 3.8) is 0 Å². The maximum Gasteiger partial charge on any atom is 0.134 e. The lowest BCUT2D eigenvalue weighted by Crippen LogP contribution is -2.50. The predicted molar refractivity (Wildman–Crippen MR) is 95.7 cm³/mol.